The minimum atomic E-state index is -1.24. The number of H-pyrrole nitrogens is 1. The summed E-state index contributed by atoms with van der Waals surface area (Å²) < 4.78 is 0. The summed E-state index contributed by atoms with van der Waals surface area (Å²) in [4.78, 5) is 56.8. The number of thiol groups is 1. The molecule has 12 heteroatoms. The van der Waals surface area contributed by atoms with Gasteiger partial charge in [0.1, 0.15) is 18.1 Å². The maximum Gasteiger partial charge on any atom is 0.327 e. The Balaban J connectivity index is 2.14. The molecule has 0 radical (unpaired) electrons. The van der Waals surface area contributed by atoms with Crippen LogP contribution < -0.4 is 21.7 Å². The normalized spacial score (nSPS) is 14.4. The summed E-state index contributed by atoms with van der Waals surface area (Å²) >= 11 is 3.94. The number of nitrogens with two attached hydrogens (primary N) is 1. The van der Waals surface area contributed by atoms with Gasteiger partial charge in [-0.25, -0.2) is 9.78 Å². The number of rotatable bonds is 13. The molecule has 0 spiro atoms. The molecule has 2 aromatic rings. The first kappa shape index (κ1) is 27.9. The monoisotopic (exact) mass is 504 g/mol. The number of aromatic nitrogens is 2. The first-order chi connectivity index (χ1) is 16.6. The maximum absolute atomic E-state index is 13.2. The SMILES string of the molecule is CC(C)C(NC(=O)C(Cc1cnc[nH]1)NC(=O)C(N)Cc1ccccc1)C(=O)NC(CS)C(=O)O. The highest BCUT2D eigenvalue weighted by Gasteiger charge is 2.32. The van der Waals surface area contributed by atoms with Crippen LogP contribution in [0.25, 0.3) is 0 Å². The van der Waals surface area contributed by atoms with E-state index in [1.807, 2.05) is 30.3 Å². The summed E-state index contributed by atoms with van der Waals surface area (Å²) in [5.74, 6) is -3.53. The molecule has 1 aromatic carbocycles. The zero-order valence-corrected chi connectivity index (χ0v) is 20.5. The van der Waals surface area contributed by atoms with E-state index in [9.17, 15) is 24.3 Å². The van der Waals surface area contributed by atoms with Crippen LogP contribution >= 0.6 is 12.6 Å². The van der Waals surface area contributed by atoms with Gasteiger partial charge in [0.05, 0.1) is 12.4 Å². The van der Waals surface area contributed by atoms with Crippen molar-refractivity contribution in [2.24, 2.45) is 11.7 Å². The lowest BCUT2D eigenvalue weighted by Crippen LogP contribution is -2.59. The van der Waals surface area contributed by atoms with E-state index in [-0.39, 0.29) is 24.5 Å². The lowest BCUT2D eigenvalue weighted by molar-refractivity contribution is -0.142. The first-order valence-electron chi connectivity index (χ1n) is 11.1. The van der Waals surface area contributed by atoms with Gasteiger partial charge in [0.25, 0.3) is 0 Å². The van der Waals surface area contributed by atoms with Crippen molar-refractivity contribution < 1.29 is 24.3 Å². The highest BCUT2D eigenvalue weighted by molar-refractivity contribution is 7.80. The Kier molecular flexibility index (Phi) is 10.7. The number of aliphatic carboxylic acids is 1. The fourth-order valence-electron chi connectivity index (χ4n) is 3.30. The van der Waals surface area contributed by atoms with Crippen LogP contribution in [0.2, 0.25) is 0 Å². The van der Waals surface area contributed by atoms with E-state index in [1.165, 1.54) is 12.5 Å². The number of hydrogen-bond acceptors (Lipinski definition) is 7. The molecule has 0 saturated heterocycles. The van der Waals surface area contributed by atoms with E-state index in [4.69, 9.17) is 5.73 Å². The number of carbonyl (C=O) groups is 4. The van der Waals surface area contributed by atoms with Crippen LogP contribution in [0.5, 0.6) is 0 Å². The Labute approximate surface area is 209 Å². The lowest BCUT2D eigenvalue weighted by atomic mass is 10.0. The number of hydrogen-bond donors (Lipinski definition) is 7. The Morgan fingerprint density at radius 1 is 1.00 bits per heavy atom. The lowest BCUT2D eigenvalue weighted by Gasteiger charge is -2.26. The molecule has 7 N–H and O–H groups in total. The van der Waals surface area contributed by atoms with Crippen LogP contribution in [0.3, 0.4) is 0 Å². The molecule has 0 fully saturated rings. The van der Waals surface area contributed by atoms with Gasteiger partial charge in [-0.15, -0.1) is 0 Å². The van der Waals surface area contributed by atoms with Gasteiger partial charge in [0, 0.05) is 24.1 Å². The smallest absolute Gasteiger partial charge is 0.327 e. The van der Waals surface area contributed by atoms with E-state index in [2.05, 4.69) is 38.5 Å². The van der Waals surface area contributed by atoms with Crippen molar-refractivity contribution in [1.82, 2.24) is 25.9 Å². The topological polar surface area (TPSA) is 179 Å². The van der Waals surface area contributed by atoms with Crippen LogP contribution in [0, 0.1) is 5.92 Å². The number of carboxylic acid groups (broad SMARTS) is 1. The molecule has 0 bridgehead atoms. The van der Waals surface area contributed by atoms with Crippen LogP contribution in [0.1, 0.15) is 25.1 Å². The van der Waals surface area contributed by atoms with Gasteiger partial charge in [0.2, 0.25) is 17.7 Å². The zero-order chi connectivity index (χ0) is 26.0. The van der Waals surface area contributed by atoms with Crippen molar-refractivity contribution in [3.63, 3.8) is 0 Å². The van der Waals surface area contributed by atoms with Crippen LogP contribution in [-0.2, 0) is 32.0 Å². The molecule has 0 aliphatic rings. The molecule has 35 heavy (non-hydrogen) atoms. The summed E-state index contributed by atoms with van der Waals surface area (Å²) in [6.45, 7) is 3.42. The number of benzene rings is 1. The molecule has 4 unspecified atom stereocenters. The third-order valence-corrected chi connectivity index (χ3v) is 5.66. The summed E-state index contributed by atoms with van der Waals surface area (Å²) in [5, 5.41) is 16.9. The summed E-state index contributed by atoms with van der Waals surface area (Å²) in [6.07, 6.45) is 3.33. The van der Waals surface area contributed by atoms with E-state index in [1.54, 1.807) is 13.8 Å². The van der Waals surface area contributed by atoms with Crippen LogP contribution in [0.15, 0.2) is 42.9 Å². The standard InChI is InChI=1S/C23H32N6O5S/c1-13(2)19(22(32)28-18(11-35)23(33)34)29-21(31)17(9-15-10-25-12-26-15)27-20(30)16(24)8-14-6-4-3-5-7-14/h3-7,10,12-13,16-19,35H,8-9,11,24H2,1-2H3,(H,25,26)(H,27,30)(H,28,32)(H,29,31)(H,33,34). The number of imidazole rings is 1. The van der Waals surface area contributed by atoms with E-state index in [0.717, 1.165) is 5.56 Å². The Morgan fingerprint density at radius 3 is 2.20 bits per heavy atom. The highest BCUT2D eigenvalue weighted by atomic mass is 32.1. The quantitative estimate of drug-likeness (QED) is 0.182. The second kappa shape index (κ2) is 13.5. The highest BCUT2D eigenvalue weighted by Crippen LogP contribution is 2.07. The van der Waals surface area contributed by atoms with Crippen molar-refractivity contribution in [3.8, 4) is 0 Å². The molecule has 2 rings (SSSR count). The van der Waals surface area contributed by atoms with E-state index < -0.39 is 47.9 Å². The van der Waals surface area contributed by atoms with Crippen molar-refractivity contribution in [3.05, 3.63) is 54.1 Å². The molecule has 11 nitrogen and oxygen atoms in total. The van der Waals surface area contributed by atoms with Crippen molar-refractivity contribution in [2.75, 3.05) is 5.75 Å². The van der Waals surface area contributed by atoms with Gasteiger partial charge < -0.3 is 31.8 Å². The minimum absolute atomic E-state index is 0.0798. The molecule has 0 saturated carbocycles. The predicted octanol–water partition coefficient (Wildman–Crippen LogP) is -0.353. The zero-order valence-electron chi connectivity index (χ0n) is 19.6. The van der Waals surface area contributed by atoms with E-state index in [0.29, 0.717) is 5.69 Å². The molecular weight excluding hydrogens is 472 g/mol. The Bertz CT molecular complexity index is 986. The molecule has 4 atom stereocenters. The third-order valence-electron chi connectivity index (χ3n) is 5.29. The van der Waals surface area contributed by atoms with Crippen LogP contribution in [0.4, 0.5) is 0 Å². The van der Waals surface area contributed by atoms with Gasteiger partial charge >= 0.3 is 5.97 Å². The number of amides is 3. The Morgan fingerprint density at radius 2 is 1.66 bits per heavy atom. The third kappa shape index (κ3) is 8.72. The fraction of sp³-hybridized carbons (Fsp3) is 0.435. The van der Waals surface area contributed by atoms with E-state index >= 15 is 0 Å². The van der Waals surface area contributed by atoms with Crippen molar-refractivity contribution in [1.29, 1.82) is 0 Å². The van der Waals surface area contributed by atoms with Gasteiger partial charge in [-0.1, -0.05) is 44.2 Å². The molecule has 0 aliphatic heterocycles. The van der Waals surface area contributed by atoms with Crippen molar-refractivity contribution in [2.45, 2.75) is 50.9 Å². The second-order valence-corrected chi connectivity index (χ2v) is 8.82. The molecule has 1 aromatic heterocycles. The van der Waals surface area contributed by atoms with Crippen molar-refractivity contribution >= 4 is 36.3 Å². The predicted molar refractivity (Wildman–Crippen MR) is 133 cm³/mol. The fourth-order valence-corrected chi connectivity index (χ4v) is 3.55. The van der Waals surface area contributed by atoms with Gasteiger partial charge in [-0.2, -0.15) is 12.6 Å². The minimum Gasteiger partial charge on any atom is -0.480 e. The van der Waals surface area contributed by atoms with Crippen LogP contribution in [-0.4, -0.2) is 68.7 Å². The number of nitrogens with one attached hydrogen (secondary N) is 4. The van der Waals surface area contributed by atoms with Gasteiger partial charge in [0.15, 0.2) is 0 Å². The average molecular weight is 505 g/mol. The number of nitrogens with zero attached hydrogens (tertiary/aromatic N) is 1. The summed E-state index contributed by atoms with van der Waals surface area (Å²) in [6, 6.07) is 5.04. The molecule has 1 heterocycles. The number of aromatic amines is 1. The summed E-state index contributed by atoms with van der Waals surface area (Å²) in [7, 11) is 0. The second-order valence-electron chi connectivity index (χ2n) is 8.45. The van der Waals surface area contributed by atoms with Gasteiger partial charge in [-0.3, -0.25) is 14.4 Å². The molecule has 190 valence electrons. The Hall–Kier alpha value is -3.38. The molecule has 0 aliphatic carbocycles. The number of carboxylic acids is 1. The molecular formula is C23H32N6O5S. The maximum atomic E-state index is 13.2. The largest absolute Gasteiger partial charge is 0.480 e. The number of carbonyl (C=O) groups excluding carboxylic acids is 3. The van der Waals surface area contributed by atoms with Gasteiger partial charge in [-0.05, 0) is 17.9 Å². The summed E-state index contributed by atoms with van der Waals surface area (Å²) in [5.41, 5.74) is 7.54. The first-order valence-corrected chi connectivity index (χ1v) is 11.8. The average Bonchev–Trinajstić information content (AvgIpc) is 3.33. The molecule has 3 amide bonds.